The number of hydrogen-bond acceptors (Lipinski definition) is 2. The van der Waals surface area contributed by atoms with Crippen molar-refractivity contribution >= 4 is 11.0 Å². The fraction of sp³-hybridized carbons (Fsp3) is 0.0476. The van der Waals surface area contributed by atoms with E-state index in [2.05, 4.69) is 58.7 Å². The Morgan fingerprint density at radius 3 is 1.68 bits per heavy atom. The zero-order valence-electron chi connectivity index (χ0n) is 13.5. The first kappa shape index (κ1) is 14.0. The highest BCUT2D eigenvalue weighted by Gasteiger charge is 2.23. The molecule has 1 aromatic carbocycles. The predicted molar refractivity (Wildman–Crippen MR) is 97.8 cm³/mol. The van der Waals surface area contributed by atoms with Gasteiger partial charge in [-0.2, -0.15) is 10.2 Å². The standard InChI is InChI=1S/C21H16N4/c1-2-8-16(9-3-1)21(17-14-22-24-12-6-4-10-19(17)24)18-15-23-25-13-7-5-11-20(18)25/h1-15,21H. The van der Waals surface area contributed by atoms with Crippen LogP contribution < -0.4 is 0 Å². The summed E-state index contributed by atoms with van der Waals surface area (Å²) >= 11 is 0. The van der Waals surface area contributed by atoms with Crippen LogP contribution in [0.15, 0.2) is 91.5 Å². The molecule has 4 heteroatoms. The molecule has 4 nitrogen and oxygen atoms in total. The van der Waals surface area contributed by atoms with Crippen LogP contribution in [-0.4, -0.2) is 19.2 Å². The van der Waals surface area contributed by atoms with Crippen molar-refractivity contribution in [2.24, 2.45) is 0 Å². The third kappa shape index (κ3) is 2.22. The van der Waals surface area contributed by atoms with Gasteiger partial charge in [0.1, 0.15) is 0 Å². The van der Waals surface area contributed by atoms with Gasteiger partial charge in [0.25, 0.3) is 0 Å². The molecule has 120 valence electrons. The maximum Gasteiger partial charge on any atom is 0.0703 e. The summed E-state index contributed by atoms with van der Waals surface area (Å²) in [5.74, 6) is 0.0843. The van der Waals surface area contributed by atoms with Crippen molar-refractivity contribution in [2.75, 3.05) is 0 Å². The molecule has 0 saturated carbocycles. The fourth-order valence-corrected chi connectivity index (χ4v) is 3.53. The highest BCUT2D eigenvalue weighted by Crippen LogP contribution is 2.36. The van der Waals surface area contributed by atoms with E-state index in [0.29, 0.717) is 0 Å². The lowest BCUT2D eigenvalue weighted by Crippen LogP contribution is -2.03. The minimum atomic E-state index is 0.0843. The Labute approximate surface area is 145 Å². The summed E-state index contributed by atoms with van der Waals surface area (Å²) < 4.78 is 3.86. The molecule has 0 aliphatic rings. The molecule has 0 amide bonds. The van der Waals surface area contributed by atoms with E-state index in [9.17, 15) is 0 Å². The summed E-state index contributed by atoms with van der Waals surface area (Å²) in [4.78, 5) is 0. The Balaban J connectivity index is 1.81. The SMILES string of the molecule is c1ccc(C(c2cnn3ccccc23)c2cnn3ccccc23)cc1. The summed E-state index contributed by atoms with van der Waals surface area (Å²) in [6, 6.07) is 22.9. The summed E-state index contributed by atoms with van der Waals surface area (Å²) in [5, 5.41) is 9.09. The second-order valence-corrected chi connectivity index (χ2v) is 6.10. The van der Waals surface area contributed by atoms with Gasteiger partial charge in [0.2, 0.25) is 0 Å². The third-order valence-electron chi connectivity index (χ3n) is 4.67. The molecule has 0 fully saturated rings. The molecule has 5 rings (SSSR count). The number of benzene rings is 1. The summed E-state index contributed by atoms with van der Waals surface area (Å²) in [6.07, 6.45) is 7.91. The van der Waals surface area contributed by atoms with Gasteiger partial charge in [-0.25, -0.2) is 9.03 Å². The quantitative estimate of drug-likeness (QED) is 0.499. The first-order chi connectivity index (χ1) is 12.4. The lowest BCUT2D eigenvalue weighted by atomic mass is 9.86. The predicted octanol–water partition coefficient (Wildman–Crippen LogP) is 4.16. The molecule has 25 heavy (non-hydrogen) atoms. The van der Waals surface area contributed by atoms with Crippen molar-refractivity contribution < 1.29 is 0 Å². The van der Waals surface area contributed by atoms with Crippen LogP contribution in [0.2, 0.25) is 0 Å². The molecule has 0 saturated heterocycles. The number of nitrogens with zero attached hydrogens (tertiary/aromatic N) is 4. The first-order valence-electron chi connectivity index (χ1n) is 8.31. The average molecular weight is 324 g/mol. The molecule has 4 heterocycles. The van der Waals surface area contributed by atoms with Crippen LogP contribution in [0.4, 0.5) is 0 Å². The van der Waals surface area contributed by atoms with Gasteiger partial charge in [0.15, 0.2) is 0 Å². The van der Waals surface area contributed by atoms with E-state index in [4.69, 9.17) is 0 Å². The lowest BCUT2D eigenvalue weighted by Gasteiger charge is -2.16. The van der Waals surface area contributed by atoms with Crippen LogP contribution in [0.3, 0.4) is 0 Å². The Kier molecular flexibility index (Phi) is 3.13. The van der Waals surface area contributed by atoms with E-state index in [1.807, 2.05) is 52.0 Å². The molecule has 0 aliphatic carbocycles. The minimum absolute atomic E-state index is 0.0843. The van der Waals surface area contributed by atoms with Crippen molar-refractivity contribution in [3.8, 4) is 0 Å². The molecular weight excluding hydrogens is 308 g/mol. The number of fused-ring (bicyclic) bond motifs is 2. The van der Waals surface area contributed by atoms with Crippen LogP contribution in [-0.2, 0) is 0 Å². The van der Waals surface area contributed by atoms with Gasteiger partial charge in [0.05, 0.1) is 23.4 Å². The highest BCUT2D eigenvalue weighted by atomic mass is 15.2. The molecule has 0 aliphatic heterocycles. The molecule has 0 radical (unpaired) electrons. The molecule has 0 atom stereocenters. The zero-order chi connectivity index (χ0) is 16.6. The van der Waals surface area contributed by atoms with Crippen molar-refractivity contribution in [2.45, 2.75) is 5.92 Å². The van der Waals surface area contributed by atoms with Crippen molar-refractivity contribution in [1.82, 2.24) is 19.2 Å². The normalized spacial score (nSPS) is 11.6. The first-order valence-corrected chi connectivity index (χ1v) is 8.31. The van der Waals surface area contributed by atoms with Crippen LogP contribution in [0.25, 0.3) is 11.0 Å². The molecule has 0 bridgehead atoms. The van der Waals surface area contributed by atoms with Crippen molar-refractivity contribution in [3.05, 3.63) is 108 Å². The Morgan fingerprint density at radius 2 is 1.12 bits per heavy atom. The molecule has 4 aromatic heterocycles. The van der Waals surface area contributed by atoms with E-state index < -0.39 is 0 Å². The van der Waals surface area contributed by atoms with E-state index in [0.717, 1.165) is 11.0 Å². The Bertz CT molecular complexity index is 1080. The van der Waals surface area contributed by atoms with Gasteiger partial charge in [-0.3, -0.25) is 0 Å². The summed E-state index contributed by atoms with van der Waals surface area (Å²) in [7, 11) is 0. The van der Waals surface area contributed by atoms with Crippen LogP contribution in [0.5, 0.6) is 0 Å². The Morgan fingerprint density at radius 1 is 0.600 bits per heavy atom. The zero-order valence-corrected chi connectivity index (χ0v) is 13.5. The number of pyridine rings is 2. The van der Waals surface area contributed by atoms with E-state index in [1.54, 1.807) is 0 Å². The van der Waals surface area contributed by atoms with Gasteiger partial charge in [0, 0.05) is 29.4 Å². The van der Waals surface area contributed by atoms with Crippen LogP contribution in [0.1, 0.15) is 22.6 Å². The fourth-order valence-electron chi connectivity index (χ4n) is 3.53. The second kappa shape index (κ2) is 5.60. The van der Waals surface area contributed by atoms with Crippen LogP contribution in [0, 0.1) is 0 Å². The number of hydrogen-bond donors (Lipinski definition) is 0. The van der Waals surface area contributed by atoms with Crippen LogP contribution >= 0.6 is 0 Å². The highest BCUT2D eigenvalue weighted by molar-refractivity contribution is 5.66. The van der Waals surface area contributed by atoms with Gasteiger partial charge in [-0.15, -0.1) is 0 Å². The van der Waals surface area contributed by atoms with E-state index in [-0.39, 0.29) is 5.92 Å². The largest absolute Gasteiger partial charge is 0.241 e. The number of aromatic nitrogens is 4. The Hall–Kier alpha value is -3.40. The third-order valence-corrected chi connectivity index (χ3v) is 4.67. The maximum absolute atomic E-state index is 4.54. The molecule has 5 aromatic rings. The molecule has 0 unspecified atom stereocenters. The maximum atomic E-state index is 4.54. The molecule has 0 N–H and O–H groups in total. The van der Waals surface area contributed by atoms with Gasteiger partial charge < -0.3 is 0 Å². The smallest absolute Gasteiger partial charge is 0.0703 e. The van der Waals surface area contributed by atoms with Gasteiger partial charge in [-0.1, -0.05) is 42.5 Å². The lowest BCUT2D eigenvalue weighted by molar-refractivity contribution is 0.961. The minimum Gasteiger partial charge on any atom is -0.241 e. The monoisotopic (exact) mass is 324 g/mol. The summed E-state index contributed by atoms with van der Waals surface area (Å²) in [5.41, 5.74) is 5.84. The summed E-state index contributed by atoms with van der Waals surface area (Å²) in [6.45, 7) is 0. The average Bonchev–Trinajstić information content (AvgIpc) is 3.29. The van der Waals surface area contributed by atoms with E-state index >= 15 is 0 Å². The van der Waals surface area contributed by atoms with Gasteiger partial charge in [-0.05, 0) is 29.8 Å². The van der Waals surface area contributed by atoms with Crippen molar-refractivity contribution in [3.63, 3.8) is 0 Å². The second-order valence-electron chi connectivity index (χ2n) is 6.10. The van der Waals surface area contributed by atoms with Crippen molar-refractivity contribution in [1.29, 1.82) is 0 Å². The molecular formula is C21H16N4. The van der Waals surface area contributed by atoms with Gasteiger partial charge >= 0.3 is 0 Å². The number of rotatable bonds is 3. The topological polar surface area (TPSA) is 34.6 Å². The van der Waals surface area contributed by atoms with E-state index in [1.165, 1.54) is 16.7 Å². The molecule has 0 spiro atoms.